The first kappa shape index (κ1) is 11.0. The van der Waals surface area contributed by atoms with Crippen LogP contribution >= 0.6 is 23.2 Å². The molecule has 82 valence electrons. The second-order valence-electron chi connectivity index (χ2n) is 3.22. The lowest BCUT2D eigenvalue weighted by Gasteiger charge is -2.08. The van der Waals surface area contributed by atoms with Gasteiger partial charge in [0.15, 0.2) is 0 Å². The Hall–Kier alpha value is -1.45. The Morgan fingerprint density at radius 3 is 2.62 bits per heavy atom. The molecule has 0 radical (unpaired) electrons. The largest absolute Gasteiger partial charge is 0.384 e. The van der Waals surface area contributed by atoms with Gasteiger partial charge in [-0.15, -0.1) is 0 Å². The van der Waals surface area contributed by atoms with Crippen LogP contribution in [0.25, 0.3) is 0 Å². The number of nitrogens with one attached hydrogen (secondary N) is 1. The second-order valence-corrected chi connectivity index (χ2v) is 4.06. The summed E-state index contributed by atoms with van der Waals surface area (Å²) in [6, 6.07) is 8.74. The van der Waals surface area contributed by atoms with Crippen molar-refractivity contribution < 1.29 is 0 Å². The molecule has 0 saturated heterocycles. The van der Waals surface area contributed by atoms with E-state index in [-0.39, 0.29) is 0 Å². The van der Waals surface area contributed by atoms with Gasteiger partial charge in [-0.2, -0.15) is 0 Å². The SMILES string of the molecule is Nc1ccc(Nc2cc(Cl)ccc2Cl)cn1. The molecule has 5 heteroatoms. The number of pyridine rings is 1. The van der Waals surface area contributed by atoms with E-state index in [0.29, 0.717) is 15.9 Å². The van der Waals surface area contributed by atoms with Gasteiger partial charge in [0.05, 0.1) is 22.6 Å². The first-order valence-electron chi connectivity index (χ1n) is 4.59. The summed E-state index contributed by atoms with van der Waals surface area (Å²) in [5.41, 5.74) is 7.03. The molecule has 0 spiro atoms. The number of hydrogen-bond donors (Lipinski definition) is 2. The number of nitrogen functional groups attached to an aromatic ring is 1. The van der Waals surface area contributed by atoms with Gasteiger partial charge < -0.3 is 11.1 Å². The van der Waals surface area contributed by atoms with Gasteiger partial charge in [-0.3, -0.25) is 0 Å². The lowest BCUT2D eigenvalue weighted by molar-refractivity contribution is 1.33. The molecule has 0 saturated carbocycles. The number of anilines is 3. The Morgan fingerprint density at radius 1 is 1.12 bits per heavy atom. The Bertz CT molecular complexity index is 497. The van der Waals surface area contributed by atoms with Crippen LogP contribution in [0.1, 0.15) is 0 Å². The van der Waals surface area contributed by atoms with E-state index < -0.39 is 0 Å². The van der Waals surface area contributed by atoms with Crippen molar-refractivity contribution in [1.29, 1.82) is 0 Å². The third-order valence-electron chi connectivity index (χ3n) is 1.99. The minimum Gasteiger partial charge on any atom is -0.384 e. The summed E-state index contributed by atoms with van der Waals surface area (Å²) in [5, 5.41) is 4.32. The molecule has 0 aliphatic rings. The van der Waals surface area contributed by atoms with Gasteiger partial charge in [0, 0.05) is 5.02 Å². The fraction of sp³-hybridized carbons (Fsp3) is 0. The van der Waals surface area contributed by atoms with Crippen molar-refractivity contribution in [3.05, 3.63) is 46.6 Å². The fourth-order valence-electron chi connectivity index (χ4n) is 1.23. The van der Waals surface area contributed by atoms with E-state index in [9.17, 15) is 0 Å². The maximum Gasteiger partial charge on any atom is 0.123 e. The summed E-state index contributed by atoms with van der Waals surface area (Å²) in [6.45, 7) is 0. The van der Waals surface area contributed by atoms with Crippen molar-refractivity contribution in [2.45, 2.75) is 0 Å². The summed E-state index contributed by atoms with van der Waals surface area (Å²) in [4.78, 5) is 3.97. The highest BCUT2D eigenvalue weighted by Gasteiger charge is 2.01. The van der Waals surface area contributed by atoms with Crippen LogP contribution in [0.3, 0.4) is 0 Å². The average molecular weight is 254 g/mol. The third-order valence-corrected chi connectivity index (χ3v) is 2.56. The second kappa shape index (κ2) is 4.60. The van der Waals surface area contributed by atoms with E-state index in [1.807, 2.05) is 6.07 Å². The van der Waals surface area contributed by atoms with Gasteiger partial charge in [0.1, 0.15) is 5.82 Å². The molecular formula is C11H9Cl2N3. The Labute approximate surface area is 103 Å². The van der Waals surface area contributed by atoms with Gasteiger partial charge in [-0.05, 0) is 30.3 Å². The molecule has 0 unspecified atom stereocenters. The molecule has 2 rings (SSSR count). The predicted octanol–water partition coefficient (Wildman–Crippen LogP) is 3.71. The number of nitrogens with two attached hydrogens (primary N) is 1. The molecule has 1 aromatic carbocycles. The number of halogens is 2. The van der Waals surface area contributed by atoms with Crippen molar-refractivity contribution in [2.24, 2.45) is 0 Å². The highest BCUT2D eigenvalue weighted by molar-refractivity contribution is 6.35. The molecule has 0 fully saturated rings. The summed E-state index contributed by atoms with van der Waals surface area (Å²) in [5.74, 6) is 0.475. The summed E-state index contributed by atoms with van der Waals surface area (Å²) >= 11 is 11.9. The van der Waals surface area contributed by atoms with Crippen LogP contribution in [0, 0.1) is 0 Å². The topological polar surface area (TPSA) is 50.9 Å². The van der Waals surface area contributed by atoms with E-state index in [4.69, 9.17) is 28.9 Å². The Morgan fingerprint density at radius 2 is 1.94 bits per heavy atom. The van der Waals surface area contributed by atoms with Gasteiger partial charge in [0.25, 0.3) is 0 Å². The molecular weight excluding hydrogens is 245 g/mol. The van der Waals surface area contributed by atoms with Crippen LogP contribution in [0.4, 0.5) is 17.2 Å². The Balaban J connectivity index is 2.26. The standard InChI is InChI=1S/C11H9Cl2N3/c12-7-1-3-9(13)10(5-7)16-8-2-4-11(14)15-6-8/h1-6,16H,(H2,14,15). The van der Waals surface area contributed by atoms with Crippen LogP contribution in [-0.2, 0) is 0 Å². The lowest BCUT2D eigenvalue weighted by Crippen LogP contribution is -1.94. The van der Waals surface area contributed by atoms with Gasteiger partial charge >= 0.3 is 0 Å². The van der Waals surface area contributed by atoms with E-state index >= 15 is 0 Å². The van der Waals surface area contributed by atoms with E-state index in [0.717, 1.165) is 11.4 Å². The van der Waals surface area contributed by atoms with E-state index in [1.165, 1.54) is 0 Å². The molecule has 3 nitrogen and oxygen atoms in total. The quantitative estimate of drug-likeness (QED) is 0.858. The van der Waals surface area contributed by atoms with Gasteiger partial charge in [0.2, 0.25) is 0 Å². The van der Waals surface area contributed by atoms with E-state index in [2.05, 4.69) is 10.3 Å². The highest BCUT2D eigenvalue weighted by Crippen LogP contribution is 2.28. The van der Waals surface area contributed by atoms with Crippen molar-refractivity contribution in [2.75, 3.05) is 11.1 Å². The molecule has 3 N–H and O–H groups in total. The van der Waals surface area contributed by atoms with Crippen LogP contribution in [-0.4, -0.2) is 4.98 Å². The van der Waals surface area contributed by atoms with Gasteiger partial charge in [-0.1, -0.05) is 23.2 Å². The molecule has 16 heavy (non-hydrogen) atoms. The molecule has 0 aliphatic carbocycles. The molecule has 0 aliphatic heterocycles. The van der Waals surface area contributed by atoms with Crippen molar-refractivity contribution in [1.82, 2.24) is 4.98 Å². The maximum atomic E-state index is 6.01. The van der Waals surface area contributed by atoms with Crippen LogP contribution < -0.4 is 11.1 Å². The minimum absolute atomic E-state index is 0.475. The number of rotatable bonds is 2. The molecule has 2 aromatic rings. The van der Waals surface area contributed by atoms with E-state index in [1.54, 1.807) is 30.5 Å². The fourth-order valence-corrected chi connectivity index (χ4v) is 1.56. The zero-order chi connectivity index (χ0) is 11.5. The van der Waals surface area contributed by atoms with Crippen LogP contribution in [0.2, 0.25) is 10.0 Å². The Kier molecular flexibility index (Phi) is 3.17. The maximum absolute atomic E-state index is 6.01. The third kappa shape index (κ3) is 2.56. The van der Waals surface area contributed by atoms with Crippen LogP contribution in [0.15, 0.2) is 36.5 Å². The van der Waals surface area contributed by atoms with Crippen molar-refractivity contribution >= 4 is 40.4 Å². The molecule has 1 heterocycles. The van der Waals surface area contributed by atoms with Crippen molar-refractivity contribution in [3.63, 3.8) is 0 Å². The minimum atomic E-state index is 0.475. The number of nitrogens with zero attached hydrogens (tertiary/aromatic N) is 1. The van der Waals surface area contributed by atoms with Gasteiger partial charge in [-0.25, -0.2) is 4.98 Å². The summed E-state index contributed by atoms with van der Waals surface area (Å²) < 4.78 is 0. The summed E-state index contributed by atoms with van der Waals surface area (Å²) in [6.07, 6.45) is 1.63. The first-order valence-corrected chi connectivity index (χ1v) is 5.34. The molecule has 0 atom stereocenters. The smallest absolute Gasteiger partial charge is 0.123 e. The normalized spacial score (nSPS) is 10.1. The van der Waals surface area contributed by atoms with Crippen molar-refractivity contribution in [3.8, 4) is 0 Å². The number of hydrogen-bond acceptors (Lipinski definition) is 3. The highest BCUT2D eigenvalue weighted by atomic mass is 35.5. The number of aromatic nitrogens is 1. The monoisotopic (exact) mass is 253 g/mol. The molecule has 0 bridgehead atoms. The van der Waals surface area contributed by atoms with Crippen LogP contribution in [0.5, 0.6) is 0 Å². The summed E-state index contributed by atoms with van der Waals surface area (Å²) in [7, 11) is 0. The zero-order valence-electron chi connectivity index (χ0n) is 8.24. The zero-order valence-corrected chi connectivity index (χ0v) is 9.76. The average Bonchev–Trinajstić information content (AvgIpc) is 2.27. The number of benzene rings is 1. The molecule has 1 aromatic heterocycles. The predicted molar refractivity (Wildman–Crippen MR) is 68.4 cm³/mol. The molecule has 0 amide bonds. The lowest BCUT2D eigenvalue weighted by atomic mass is 10.3. The first-order chi connectivity index (χ1) is 7.65.